The summed E-state index contributed by atoms with van der Waals surface area (Å²) >= 11 is 0. The molecule has 1 amide bonds. The fourth-order valence-electron chi connectivity index (χ4n) is 2.77. The van der Waals surface area contributed by atoms with Crippen LogP contribution in [0.2, 0.25) is 0 Å². The monoisotopic (exact) mass is 323 g/mol. The van der Waals surface area contributed by atoms with E-state index in [1.807, 2.05) is 30.3 Å². The molecule has 0 radical (unpaired) electrons. The van der Waals surface area contributed by atoms with Crippen LogP contribution in [0.15, 0.2) is 30.3 Å². The number of ether oxygens (including phenoxy) is 2. The van der Waals surface area contributed by atoms with Gasteiger partial charge in [0.15, 0.2) is 0 Å². The van der Waals surface area contributed by atoms with Gasteiger partial charge in [0.05, 0.1) is 24.9 Å². The molecule has 1 saturated heterocycles. The molecule has 6 nitrogen and oxygen atoms in total. The first-order valence-corrected chi connectivity index (χ1v) is 7.81. The van der Waals surface area contributed by atoms with Crippen molar-refractivity contribution in [3.8, 4) is 0 Å². The quantitative estimate of drug-likeness (QED) is 0.865. The Kier molecular flexibility index (Phi) is 5.62. The number of rotatable bonds is 5. The highest BCUT2D eigenvalue weighted by atomic mass is 16.6. The van der Waals surface area contributed by atoms with E-state index in [2.05, 4.69) is 0 Å². The Bertz CT molecular complexity index is 517. The molecule has 1 fully saturated rings. The molecule has 0 spiro atoms. The average Bonchev–Trinajstić information content (AvgIpc) is 2.81. The zero-order valence-electron chi connectivity index (χ0n) is 13.8. The van der Waals surface area contributed by atoms with Gasteiger partial charge in [-0.25, -0.2) is 4.79 Å². The highest BCUT2D eigenvalue weighted by Gasteiger charge is 2.47. The minimum atomic E-state index is -0.874. The van der Waals surface area contributed by atoms with Gasteiger partial charge >= 0.3 is 6.09 Å². The molecule has 0 aliphatic carbocycles. The Morgan fingerprint density at radius 3 is 2.65 bits per heavy atom. The van der Waals surface area contributed by atoms with Crippen molar-refractivity contribution in [1.29, 1.82) is 0 Å². The first-order chi connectivity index (χ1) is 10.8. The van der Waals surface area contributed by atoms with Crippen molar-refractivity contribution in [2.24, 2.45) is 0 Å². The number of amides is 1. The van der Waals surface area contributed by atoms with Gasteiger partial charge in [-0.2, -0.15) is 0 Å². The summed E-state index contributed by atoms with van der Waals surface area (Å²) in [6.45, 7) is 5.48. The fraction of sp³-hybridized carbons (Fsp3) is 0.588. The van der Waals surface area contributed by atoms with Crippen molar-refractivity contribution in [2.75, 3.05) is 6.61 Å². The summed E-state index contributed by atoms with van der Waals surface area (Å²) in [7, 11) is 0. The number of aliphatic hydroxyl groups is 2. The molecule has 128 valence electrons. The van der Waals surface area contributed by atoms with E-state index in [0.29, 0.717) is 0 Å². The van der Waals surface area contributed by atoms with Crippen LogP contribution in [-0.4, -0.2) is 51.8 Å². The molecule has 1 heterocycles. The number of aliphatic hydroxyl groups excluding tert-OH is 2. The highest BCUT2D eigenvalue weighted by molar-refractivity contribution is 5.69. The van der Waals surface area contributed by atoms with E-state index in [1.165, 1.54) is 4.90 Å². The largest absolute Gasteiger partial charge is 0.444 e. The lowest BCUT2D eigenvalue weighted by Crippen LogP contribution is -2.52. The van der Waals surface area contributed by atoms with Crippen LogP contribution in [0, 0.1) is 0 Å². The van der Waals surface area contributed by atoms with Gasteiger partial charge in [0.25, 0.3) is 0 Å². The Morgan fingerprint density at radius 1 is 1.39 bits per heavy atom. The lowest BCUT2D eigenvalue weighted by atomic mass is 10.0. The number of carbonyl (C=O) groups excluding carboxylic acids is 1. The molecule has 0 bridgehead atoms. The van der Waals surface area contributed by atoms with E-state index < -0.39 is 30.1 Å². The van der Waals surface area contributed by atoms with Crippen LogP contribution in [-0.2, 0) is 16.1 Å². The maximum Gasteiger partial charge on any atom is 0.412 e. The summed E-state index contributed by atoms with van der Waals surface area (Å²) in [6.07, 6.45) is -1.89. The second kappa shape index (κ2) is 7.29. The molecule has 0 aromatic heterocycles. The van der Waals surface area contributed by atoms with Crippen molar-refractivity contribution < 1.29 is 24.5 Å². The van der Waals surface area contributed by atoms with Crippen LogP contribution in [0.1, 0.15) is 32.8 Å². The van der Waals surface area contributed by atoms with Crippen LogP contribution in [0.3, 0.4) is 0 Å². The van der Waals surface area contributed by atoms with Crippen molar-refractivity contribution in [3.05, 3.63) is 35.9 Å². The predicted octanol–water partition coefficient (Wildman–Crippen LogP) is 1.89. The van der Waals surface area contributed by atoms with Gasteiger partial charge in [0.2, 0.25) is 0 Å². The molecular weight excluding hydrogens is 298 g/mol. The number of carbonyl (C=O) groups is 1. The maximum atomic E-state index is 12.5. The van der Waals surface area contributed by atoms with E-state index in [0.717, 1.165) is 5.56 Å². The fourth-order valence-corrected chi connectivity index (χ4v) is 2.77. The van der Waals surface area contributed by atoms with Crippen LogP contribution in [0.5, 0.6) is 0 Å². The summed E-state index contributed by atoms with van der Waals surface area (Å²) in [4.78, 5) is 13.9. The van der Waals surface area contributed by atoms with Crippen molar-refractivity contribution >= 4 is 6.09 Å². The normalized spacial score (nSPS) is 22.7. The van der Waals surface area contributed by atoms with Gasteiger partial charge in [-0.15, -0.1) is 0 Å². The summed E-state index contributed by atoms with van der Waals surface area (Å²) < 4.78 is 11.0. The lowest BCUT2D eigenvalue weighted by molar-refractivity contribution is -0.0560. The second-order valence-corrected chi connectivity index (χ2v) is 6.39. The van der Waals surface area contributed by atoms with Gasteiger partial charge in [-0.1, -0.05) is 30.3 Å². The van der Waals surface area contributed by atoms with Crippen molar-refractivity contribution in [3.63, 3.8) is 0 Å². The number of hydrogen-bond acceptors (Lipinski definition) is 5. The second-order valence-electron chi connectivity index (χ2n) is 6.39. The third-order valence-electron chi connectivity index (χ3n) is 3.95. The molecule has 1 aromatic rings. The lowest BCUT2D eigenvalue weighted by Gasteiger charge is -2.34. The standard InChI is InChI=1S/C17H25NO5/c1-12(19)9-15(20)14-11-23-17(2,3)18(14)16(21)22-10-13-7-5-4-6-8-13/h4-8,12,14-15,19-20H,9-11H2,1-3H3/t12-,14-,15+/m0/s1. The predicted molar refractivity (Wildman–Crippen MR) is 84.6 cm³/mol. The van der Waals surface area contributed by atoms with Crippen LogP contribution in [0.4, 0.5) is 4.79 Å². The molecule has 23 heavy (non-hydrogen) atoms. The first-order valence-electron chi connectivity index (χ1n) is 7.81. The SMILES string of the molecule is C[C@H](O)C[C@@H](O)[C@@H]1COC(C)(C)N1C(=O)OCc1ccccc1. The first kappa shape index (κ1) is 17.7. The van der Waals surface area contributed by atoms with Crippen LogP contribution in [0.25, 0.3) is 0 Å². The summed E-state index contributed by atoms with van der Waals surface area (Å²) in [5.74, 6) is 0. The van der Waals surface area contributed by atoms with Crippen molar-refractivity contribution in [2.45, 2.75) is 57.8 Å². The van der Waals surface area contributed by atoms with Gasteiger partial charge in [-0.05, 0) is 26.3 Å². The minimum absolute atomic E-state index is 0.158. The smallest absolute Gasteiger partial charge is 0.412 e. The topological polar surface area (TPSA) is 79.2 Å². The average molecular weight is 323 g/mol. The van der Waals surface area contributed by atoms with E-state index >= 15 is 0 Å². The molecular formula is C17H25NO5. The summed E-state index contributed by atoms with van der Waals surface area (Å²) in [5.41, 5.74) is 0.0258. The highest BCUT2D eigenvalue weighted by Crippen LogP contribution is 2.31. The zero-order chi connectivity index (χ0) is 17.0. The number of benzene rings is 1. The van der Waals surface area contributed by atoms with Crippen molar-refractivity contribution in [1.82, 2.24) is 4.90 Å². The van der Waals surface area contributed by atoms with Gasteiger partial charge in [-0.3, -0.25) is 4.90 Å². The van der Waals surface area contributed by atoms with Crippen LogP contribution >= 0.6 is 0 Å². The molecule has 3 atom stereocenters. The summed E-state index contributed by atoms with van der Waals surface area (Å²) in [5, 5.41) is 19.7. The molecule has 1 aliphatic heterocycles. The Hall–Kier alpha value is -1.63. The van der Waals surface area contributed by atoms with Gasteiger partial charge in [0, 0.05) is 6.42 Å². The molecule has 2 rings (SSSR count). The van der Waals surface area contributed by atoms with Crippen LogP contribution < -0.4 is 0 Å². The molecule has 2 N–H and O–H groups in total. The molecule has 6 heteroatoms. The molecule has 0 saturated carbocycles. The minimum Gasteiger partial charge on any atom is -0.444 e. The Morgan fingerprint density at radius 2 is 2.04 bits per heavy atom. The number of hydrogen-bond donors (Lipinski definition) is 2. The van der Waals surface area contributed by atoms with E-state index in [4.69, 9.17) is 9.47 Å². The summed E-state index contributed by atoms with van der Waals surface area (Å²) in [6, 6.07) is 8.85. The molecule has 1 aliphatic rings. The zero-order valence-corrected chi connectivity index (χ0v) is 13.8. The van der Waals surface area contributed by atoms with E-state index in [9.17, 15) is 15.0 Å². The Labute approximate surface area is 136 Å². The molecule has 0 unspecified atom stereocenters. The third-order valence-corrected chi connectivity index (χ3v) is 3.95. The van der Waals surface area contributed by atoms with Gasteiger partial charge in [0.1, 0.15) is 12.3 Å². The van der Waals surface area contributed by atoms with E-state index in [-0.39, 0.29) is 19.6 Å². The molecule has 1 aromatic carbocycles. The maximum absolute atomic E-state index is 12.5. The number of nitrogens with zero attached hydrogens (tertiary/aromatic N) is 1. The Balaban J connectivity index is 2.04. The van der Waals surface area contributed by atoms with Gasteiger partial charge < -0.3 is 19.7 Å². The van der Waals surface area contributed by atoms with E-state index in [1.54, 1.807) is 20.8 Å². The third kappa shape index (κ3) is 4.43.